The van der Waals surface area contributed by atoms with Gasteiger partial charge in [-0.2, -0.15) is 9.61 Å². The molecule has 0 unspecified atom stereocenters. The van der Waals surface area contributed by atoms with Crippen LogP contribution in [0, 0.1) is 6.92 Å². The molecule has 2 aromatic heterocycles. The van der Waals surface area contributed by atoms with Gasteiger partial charge in [0, 0.05) is 37.5 Å². The van der Waals surface area contributed by atoms with E-state index in [1.165, 1.54) is 0 Å². The van der Waals surface area contributed by atoms with E-state index in [0.717, 1.165) is 34.2 Å². The molecule has 0 amide bonds. The summed E-state index contributed by atoms with van der Waals surface area (Å²) in [6.45, 7) is 2.69. The molecule has 0 aliphatic heterocycles. The Labute approximate surface area is 135 Å². The molecule has 0 radical (unpaired) electrons. The highest BCUT2D eigenvalue weighted by molar-refractivity contribution is 5.51. The highest BCUT2D eigenvalue weighted by Crippen LogP contribution is 2.25. The van der Waals surface area contributed by atoms with Crippen LogP contribution in [-0.2, 0) is 6.54 Å². The fourth-order valence-electron chi connectivity index (χ4n) is 2.60. The molecule has 0 bridgehead atoms. The van der Waals surface area contributed by atoms with Gasteiger partial charge in [-0.3, -0.25) is 0 Å². The maximum Gasteiger partial charge on any atom is 0.157 e. The van der Waals surface area contributed by atoms with E-state index in [2.05, 4.69) is 15.0 Å². The number of aryl methyl sites for hydroxylation is 1. The van der Waals surface area contributed by atoms with Gasteiger partial charge < -0.3 is 14.4 Å². The lowest BCUT2D eigenvalue weighted by Crippen LogP contribution is -2.20. The van der Waals surface area contributed by atoms with Crippen LogP contribution in [0.1, 0.15) is 11.3 Å². The Kier molecular flexibility index (Phi) is 4.06. The number of ether oxygens (including phenoxy) is 2. The van der Waals surface area contributed by atoms with Gasteiger partial charge >= 0.3 is 0 Å². The molecule has 2 heterocycles. The van der Waals surface area contributed by atoms with Gasteiger partial charge in [0.1, 0.15) is 17.3 Å². The van der Waals surface area contributed by atoms with E-state index in [-0.39, 0.29) is 0 Å². The van der Waals surface area contributed by atoms with E-state index in [1.54, 1.807) is 20.4 Å². The van der Waals surface area contributed by atoms with Crippen molar-refractivity contribution in [2.45, 2.75) is 13.5 Å². The summed E-state index contributed by atoms with van der Waals surface area (Å²) in [6.07, 6.45) is 1.76. The van der Waals surface area contributed by atoms with Crippen molar-refractivity contribution in [1.29, 1.82) is 0 Å². The third-order valence-electron chi connectivity index (χ3n) is 3.69. The molecule has 0 spiro atoms. The maximum absolute atomic E-state index is 5.34. The number of fused-ring (bicyclic) bond motifs is 1. The summed E-state index contributed by atoms with van der Waals surface area (Å²) in [5.74, 6) is 2.55. The van der Waals surface area contributed by atoms with Crippen molar-refractivity contribution in [3.63, 3.8) is 0 Å². The van der Waals surface area contributed by atoms with Gasteiger partial charge in [-0.25, -0.2) is 4.98 Å². The zero-order chi connectivity index (χ0) is 16.4. The molecule has 23 heavy (non-hydrogen) atoms. The molecule has 1 aromatic carbocycles. The van der Waals surface area contributed by atoms with Gasteiger partial charge in [0.15, 0.2) is 5.65 Å². The zero-order valence-electron chi connectivity index (χ0n) is 13.8. The highest BCUT2D eigenvalue weighted by atomic mass is 16.5. The first-order valence-corrected chi connectivity index (χ1v) is 7.35. The second-order valence-electron chi connectivity index (χ2n) is 5.43. The molecule has 0 atom stereocenters. The summed E-state index contributed by atoms with van der Waals surface area (Å²) < 4.78 is 12.5. The Hall–Kier alpha value is -2.76. The van der Waals surface area contributed by atoms with E-state index < -0.39 is 0 Å². The number of hydrogen-bond acceptors (Lipinski definition) is 5. The van der Waals surface area contributed by atoms with Gasteiger partial charge in [0.25, 0.3) is 0 Å². The predicted molar refractivity (Wildman–Crippen MR) is 89.4 cm³/mol. The van der Waals surface area contributed by atoms with Gasteiger partial charge in [0.05, 0.1) is 20.4 Å². The summed E-state index contributed by atoms with van der Waals surface area (Å²) in [7, 11) is 5.34. The van der Waals surface area contributed by atoms with E-state index in [0.29, 0.717) is 6.54 Å². The standard InChI is InChI=1S/C17H20N4O2/c1-12-7-17(21-16(19-12)5-6-18-21)20(2)11-13-8-14(22-3)10-15(9-13)23-4/h5-10H,11H2,1-4H3. The lowest BCUT2D eigenvalue weighted by Gasteiger charge is -2.21. The first-order valence-electron chi connectivity index (χ1n) is 7.35. The third kappa shape index (κ3) is 3.06. The average molecular weight is 312 g/mol. The normalized spacial score (nSPS) is 10.8. The summed E-state index contributed by atoms with van der Waals surface area (Å²) in [6, 6.07) is 9.81. The second kappa shape index (κ2) is 6.16. The molecule has 3 rings (SSSR count). The van der Waals surface area contributed by atoms with Crippen LogP contribution in [0.25, 0.3) is 5.65 Å². The van der Waals surface area contributed by atoms with Crippen molar-refractivity contribution in [2.24, 2.45) is 0 Å². The minimum Gasteiger partial charge on any atom is -0.497 e. The van der Waals surface area contributed by atoms with Gasteiger partial charge in [-0.05, 0) is 24.6 Å². The molecule has 120 valence electrons. The van der Waals surface area contributed by atoms with Crippen molar-refractivity contribution in [2.75, 3.05) is 26.2 Å². The van der Waals surface area contributed by atoms with Gasteiger partial charge in [0.2, 0.25) is 0 Å². The van der Waals surface area contributed by atoms with Crippen molar-refractivity contribution in [3.05, 3.63) is 47.8 Å². The average Bonchev–Trinajstić information content (AvgIpc) is 3.01. The van der Waals surface area contributed by atoms with E-state index in [1.807, 2.05) is 48.8 Å². The van der Waals surface area contributed by atoms with Crippen LogP contribution >= 0.6 is 0 Å². The number of nitrogens with zero attached hydrogens (tertiary/aromatic N) is 4. The summed E-state index contributed by atoms with van der Waals surface area (Å²) >= 11 is 0. The van der Waals surface area contributed by atoms with Crippen LogP contribution in [0.15, 0.2) is 36.5 Å². The van der Waals surface area contributed by atoms with E-state index >= 15 is 0 Å². The van der Waals surface area contributed by atoms with Crippen molar-refractivity contribution in [1.82, 2.24) is 14.6 Å². The minimum absolute atomic E-state index is 0.700. The van der Waals surface area contributed by atoms with Crippen LogP contribution in [0.4, 0.5) is 5.82 Å². The fraction of sp³-hybridized carbons (Fsp3) is 0.294. The van der Waals surface area contributed by atoms with Crippen LogP contribution in [0.3, 0.4) is 0 Å². The van der Waals surface area contributed by atoms with Crippen LogP contribution < -0.4 is 14.4 Å². The fourth-order valence-corrected chi connectivity index (χ4v) is 2.60. The third-order valence-corrected chi connectivity index (χ3v) is 3.69. The largest absolute Gasteiger partial charge is 0.497 e. The molecule has 0 aliphatic carbocycles. The summed E-state index contributed by atoms with van der Waals surface area (Å²) in [5.41, 5.74) is 2.90. The smallest absolute Gasteiger partial charge is 0.157 e. The molecule has 6 nitrogen and oxygen atoms in total. The van der Waals surface area contributed by atoms with Crippen molar-refractivity contribution in [3.8, 4) is 11.5 Å². The SMILES string of the molecule is COc1cc(CN(C)c2cc(C)nc3ccnn23)cc(OC)c1. The number of aromatic nitrogens is 3. The van der Waals surface area contributed by atoms with E-state index in [4.69, 9.17) is 9.47 Å². The maximum atomic E-state index is 5.34. The lowest BCUT2D eigenvalue weighted by molar-refractivity contribution is 0.393. The quantitative estimate of drug-likeness (QED) is 0.725. The molecule has 0 aliphatic rings. The number of hydrogen-bond donors (Lipinski definition) is 0. The number of benzene rings is 1. The Morgan fingerprint density at radius 3 is 2.43 bits per heavy atom. The Bertz CT molecular complexity index is 806. The van der Waals surface area contributed by atoms with Gasteiger partial charge in [-0.1, -0.05) is 0 Å². The van der Waals surface area contributed by atoms with Crippen LogP contribution in [0.2, 0.25) is 0 Å². The lowest BCUT2D eigenvalue weighted by atomic mass is 10.2. The molecule has 0 N–H and O–H groups in total. The Morgan fingerprint density at radius 1 is 1.09 bits per heavy atom. The second-order valence-corrected chi connectivity index (χ2v) is 5.43. The number of anilines is 1. The summed E-state index contributed by atoms with van der Waals surface area (Å²) in [5, 5.41) is 4.35. The van der Waals surface area contributed by atoms with Crippen molar-refractivity contribution < 1.29 is 9.47 Å². The summed E-state index contributed by atoms with van der Waals surface area (Å²) in [4.78, 5) is 6.60. The minimum atomic E-state index is 0.700. The first-order chi connectivity index (χ1) is 11.1. The topological polar surface area (TPSA) is 51.9 Å². The molecule has 3 aromatic rings. The first kappa shape index (κ1) is 15.1. The monoisotopic (exact) mass is 312 g/mol. The van der Waals surface area contributed by atoms with Crippen LogP contribution in [-0.4, -0.2) is 35.9 Å². The predicted octanol–water partition coefficient (Wildman–Crippen LogP) is 2.69. The molecule has 6 heteroatoms. The van der Waals surface area contributed by atoms with E-state index in [9.17, 15) is 0 Å². The van der Waals surface area contributed by atoms with Crippen molar-refractivity contribution >= 4 is 11.5 Å². The Morgan fingerprint density at radius 2 is 1.78 bits per heavy atom. The molecule has 0 saturated heterocycles. The molecule has 0 fully saturated rings. The van der Waals surface area contributed by atoms with Gasteiger partial charge in [-0.15, -0.1) is 0 Å². The zero-order valence-corrected chi connectivity index (χ0v) is 13.8. The highest BCUT2D eigenvalue weighted by Gasteiger charge is 2.11. The molecular weight excluding hydrogens is 292 g/mol. The molecular formula is C17H20N4O2. The number of methoxy groups -OCH3 is 2. The van der Waals surface area contributed by atoms with Crippen LogP contribution in [0.5, 0.6) is 11.5 Å². The Balaban J connectivity index is 1.94. The number of rotatable bonds is 5. The molecule has 0 saturated carbocycles.